The molecule has 0 spiro atoms. The topological polar surface area (TPSA) is 52.6 Å². The van der Waals surface area contributed by atoms with Crippen LogP contribution in [-0.2, 0) is 4.79 Å². The average molecular weight is 323 g/mol. The van der Waals surface area contributed by atoms with Crippen LogP contribution in [-0.4, -0.2) is 60.4 Å². The quantitative estimate of drug-likeness (QED) is 0.869. The molecule has 0 saturated carbocycles. The predicted molar refractivity (Wildman–Crippen MR) is 89.2 cm³/mol. The van der Waals surface area contributed by atoms with Crippen LogP contribution in [0.3, 0.4) is 0 Å². The molecule has 0 radical (unpaired) electrons. The van der Waals surface area contributed by atoms with Crippen molar-refractivity contribution >= 4 is 23.2 Å². The Kier molecular flexibility index (Phi) is 6.39. The summed E-state index contributed by atoms with van der Waals surface area (Å²) >= 11 is 1.38. The molecule has 0 unspecified atom stereocenters. The van der Waals surface area contributed by atoms with E-state index in [1.54, 1.807) is 6.07 Å². The van der Waals surface area contributed by atoms with Gasteiger partial charge in [-0.2, -0.15) is 0 Å². The van der Waals surface area contributed by atoms with E-state index in [1.165, 1.54) is 11.3 Å². The van der Waals surface area contributed by atoms with E-state index in [0.29, 0.717) is 10.9 Å². The van der Waals surface area contributed by atoms with Crippen molar-refractivity contribution in [3.63, 3.8) is 0 Å². The maximum Gasteiger partial charge on any atom is 0.261 e. The second kappa shape index (κ2) is 8.29. The lowest BCUT2D eigenvalue weighted by Gasteiger charge is -2.37. The van der Waals surface area contributed by atoms with Crippen LogP contribution < -0.4 is 5.32 Å². The number of nitrogens with one attached hydrogen (secondary N) is 1. The van der Waals surface area contributed by atoms with Gasteiger partial charge in [0.15, 0.2) is 0 Å². The smallest absolute Gasteiger partial charge is 0.261 e. The van der Waals surface area contributed by atoms with Gasteiger partial charge in [-0.1, -0.05) is 19.9 Å². The van der Waals surface area contributed by atoms with E-state index < -0.39 is 0 Å². The maximum absolute atomic E-state index is 12.2. The number of carbonyl (C=O) groups excluding carboxylic acids is 2. The molecule has 0 atom stereocenters. The summed E-state index contributed by atoms with van der Waals surface area (Å²) in [6.45, 7) is 8.15. The van der Waals surface area contributed by atoms with Gasteiger partial charge in [-0.3, -0.25) is 9.59 Å². The van der Waals surface area contributed by atoms with E-state index >= 15 is 0 Å². The van der Waals surface area contributed by atoms with Gasteiger partial charge in [0.1, 0.15) is 0 Å². The lowest BCUT2D eigenvalue weighted by molar-refractivity contribution is -0.131. The Labute approximate surface area is 136 Å². The third kappa shape index (κ3) is 4.30. The van der Waals surface area contributed by atoms with E-state index in [9.17, 15) is 9.59 Å². The molecule has 22 heavy (non-hydrogen) atoms. The Morgan fingerprint density at radius 1 is 1.32 bits per heavy atom. The predicted octanol–water partition coefficient (Wildman–Crippen LogP) is 1.81. The molecule has 6 heteroatoms. The summed E-state index contributed by atoms with van der Waals surface area (Å²) in [5.41, 5.74) is 0. The molecule has 2 rings (SSSR count). The van der Waals surface area contributed by atoms with Crippen LogP contribution in [0.15, 0.2) is 17.5 Å². The molecule has 2 heterocycles. The van der Waals surface area contributed by atoms with Gasteiger partial charge in [0.25, 0.3) is 5.91 Å². The van der Waals surface area contributed by atoms with Gasteiger partial charge >= 0.3 is 0 Å². The summed E-state index contributed by atoms with van der Waals surface area (Å²) < 4.78 is 0. The molecule has 122 valence electrons. The summed E-state index contributed by atoms with van der Waals surface area (Å²) in [4.78, 5) is 29.0. The normalized spacial score (nSPS) is 16.0. The van der Waals surface area contributed by atoms with Crippen molar-refractivity contribution < 1.29 is 9.59 Å². The molecule has 1 aliphatic rings. The zero-order valence-electron chi connectivity index (χ0n) is 13.4. The third-order valence-electron chi connectivity index (χ3n) is 4.29. The fraction of sp³-hybridized carbons (Fsp3) is 0.625. The number of likely N-dealkylation sites (tertiary alicyclic amines) is 1. The zero-order chi connectivity index (χ0) is 15.9. The second-order valence-corrected chi connectivity index (χ2v) is 6.44. The van der Waals surface area contributed by atoms with Crippen LogP contribution in [0.4, 0.5) is 0 Å². The fourth-order valence-electron chi connectivity index (χ4n) is 2.98. The molecule has 2 amide bonds. The van der Waals surface area contributed by atoms with Crippen LogP contribution in [0.5, 0.6) is 0 Å². The van der Waals surface area contributed by atoms with Gasteiger partial charge in [0.05, 0.1) is 11.4 Å². The monoisotopic (exact) mass is 323 g/mol. The minimum absolute atomic E-state index is 0.0166. The Balaban J connectivity index is 1.74. The van der Waals surface area contributed by atoms with Gasteiger partial charge in [-0.05, 0) is 37.4 Å². The van der Waals surface area contributed by atoms with Crippen molar-refractivity contribution in [2.45, 2.75) is 32.7 Å². The molecule has 1 N–H and O–H groups in total. The molecular formula is C16H25N3O2S. The van der Waals surface area contributed by atoms with Crippen LogP contribution in [0.1, 0.15) is 36.4 Å². The minimum Gasteiger partial charge on any atom is -0.342 e. The van der Waals surface area contributed by atoms with Crippen LogP contribution in [0.25, 0.3) is 0 Å². The molecule has 1 aromatic heterocycles. The lowest BCUT2D eigenvalue weighted by Crippen LogP contribution is -2.49. The van der Waals surface area contributed by atoms with Gasteiger partial charge in [-0.15, -0.1) is 11.3 Å². The van der Waals surface area contributed by atoms with E-state index in [0.717, 1.165) is 39.0 Å². The van der Waals surface area contributed by atoms with Crippen LogP contribution in [0, 0.1) is 0 Å². The summed E-state index contributed by atoms with van der Waals surface area (Å²) in [6, 6.07) is 4.18. The molecule has 1 aliphatic heterocycles. The number of hydrogen-bond acceptors (Lipinski definition) is 4. The first kappa shape index (κ1) is 17.0. The molecule has 1 fully saturated rings. The summed E-state index contributed by atoms with van der Waals surface area (Å²) in [5.74, 6) is -0.149. The van der Waals surface area contributed by atoms with Gasteiger partial charge in [0.2, 0.25) is 5.91 Å². The van der Waals surface area contributed by atoms with Crippen molar-refractivity contribution in [2.24, 2.45) is 0 Å². The van der Waals surface area contributed by atoms with Crippen LogP contribution in [0.2, 0.25) is 0 Å². The lowest BCUT2D eigenvalue weighted by atomic mass is 10.0. The van der Waals surface area contributed by atoms with Crippen molar-refractivity contribution in [1.29, 1.82) is 0 Å². The Hall–Kier alpha value is -1.40. The van der Waals surface area contributed by atoms with E-state index in [-0.39, 0.29) is 18.4 Å². The number of hydrogen-bond donors (Lipinski definition) is 1. The van der Waals surface area contributed by atoms with Crippen molar-refractivity contribution in [3.05, 3.63) is 22.4 Å². The number of amides is 2. The van der Waals surface area contributed by atoms with E-state index in [2.05, 4.69) is 24.1 Å². The molecule has 0 aliphatic carbocycles. The zero-order valence-corrected chi connectivity index (χ0v) is 14.2. The second-order valence-electron chi connectivity index (χ2n) is 5.49. The number of piperidine rings is 1. The molecule has 5 nitrogen and oxygen atoms in total. The number of carbonyl (C=O) groups is 2. The Bertz CT molecular complexity index is 478. The van der Waals surface area contributed by atoms with E-state index in [1.807, 2.05) is 16.3 Å². The molecular weight excluding hydrogens is 298 g/mol. The van der Waals surface area contributed by atoms with E-state index in [4.69, 9.17) is 0 Å². The maximum atomic E-state index is 12.2. The Morgan fingerprint density at radius 3 is 2.55 bits per heavy atom. The minimum atomic E-state index is -0.165. The first-order chi connectivity index (χ1) is 10.7. The van der Waals surface area contributed by atoms with Gasteiger partial charge in [0, 0.05) is 19.1 Å². The number of nitrogens with zero attached hydrogens (tertiary/aromatic N) is 2. The third-order valence-corrected chi connectivity index (χ3v) is 5.16. The van der Waals surface area contributed by atoms with Crippen molar-refractivity contribution in [1.82, 2.24) is 15.1 Å². The number of thiophene rings is 1. The number of rotatable bonds is 6. The van der Waals surface area contributed by atoms with Crippen molar-refractivity contribution in [3.8, 4) is 0 Å². The highest BCUT2D eigenvalue weighted by Gasteiger charge is 2.25. The Morgan fingerprint density at radius 2 is 2.00 bits per heavy atom. The first-order valence-corrected chi connectivity index (χ1v) is 8.87. The van der Waals surface area contributed by atoms with Crippen LogP contribution >= 0.6 is 11.3 Å². The molecule has 0 aromatic carbocycles. The summed E-state index contributed by atoms with van der Waals surface area (Å²) in [5, 5.41) is 4.56. The highest BCUT2D eigenvalue weighted by atomic mass is 32.1. The van der Waals surface area contributed by atoms with Crippen molar-refractivity contribution in [2.75, 3.05) is 32.7 Å². The standard InChI is InChI=1S/C16H25N3O2S/c1-3-18(4-2)13-7-9-19(10-8-13)15(20)12-17-16(21)14-6-5-11-22-14/h5-6,11,13H,3-4,7-10,12H2,1-2H3,(H,17,21). The fourth-order valence-corrected chi connectivity index (χ4v) is 3.62. The first-order valence-electron chi connectivity index (χ1n) is 7.99. The highest BCUT2D eigenvalue weighted by Crippen LogP contribution is 2.16. The summed E-state index contributed by atoms with van der Waals surface area (Å²) in [6.07, 6.45) is 2.04. The molecule has 1 aromatic rings. The molecule has 0 bridgehead atoms. The molecule has 1 saturated heterocycles. The largest absolute Gasteiger partial charge is 0.342 e. The van der Waals surface area contributed by atoms with Gasteiger partial charge in [-0.25, -0.2) is 0 Å². The SMILES string of the molecule is CCN(CC)C1CCN(C(=O)CNC(=O)c2cccs2)CC1. The average Bonchev–Trinajstić information content (AvgIpc) is 3.08. The highest BCUT2D eigenvalue weighted by molar-refractivity contribution is 7.12. The van der Waals surface area contributed by atoms with Gasteiger partial charge < -0.3 is 15.1 Å². The summed E-state index contributed by atoms with van der Waals surface area (Å²) in [7, 11) is 0.